The second-order valence-electron chi connectivity index (χ2n) is 5.16. The van der Waals surface area contributed by atoms with Crippen LogP contribution in [0.25, 0.3) is 0 Å². The van der Waals surface area contributed by atoms with Gasteiger partial charge in [0, 0.05) is 12.0 Å². The molecule has 2 atom stereocenters. The van der Waals surface area contributed by atoms with Gasteiger partial charge in [-0.05, 0) is 25.2 Å². The second-order valence-corrected chi connectivity index (χ2v) is 5.16. The van der Waals surface area contributed by atoms with Crippen molar-refractivity contribution >= 4 is 11.9 Å². The Morgan fingerprint density at radius 1 is 1.47 bits per heavy atom. The molecule has 0 aromatic rings. The van der Waals surface area contributed by atoms with Crippen LogP contribution < -0.4 is 11.1 Å². The predicted octanol–water partition coefficient (Wildman–Crippen LogP) is 0.873. The SMILES string of the molecule is CCC(C)[C@H](NC(=O)CC1(N)CCC1)C(=O)O. The van der Waals surface area contributed by atoms with E-state index in [-0.39, 0.29) is 18.2 Å². The van der Waals surface area contributed by atoms with E-state index in [9.17, 15) is 9.59 Å². The maximum absolute atomic E-state index is 11.7. The van der Waals surface area contributed by atoms with Crippen LogP contribution in [0.2, 0.25) is 0 Å². The number of aliphatic carboxylic acids is 1. The maximum atomic E-state index is 11.7. The van der Waals surface area contributed by atoms with Crippen LogP contribution >= 0.6 is 0 Å². The van der Waals surface area contributed by atoms with E-state index in [1.807, 2.05) is 13.8 Å². The smallest absolute Gasteiger partial charge is 0.326 e. The Morgan fingerprint density at radius 2 is 2.06 bits per heavy atom. The molecule has 0 saturated heterocycles. The van der Waals surface area contributed by atoms with Gasteiger partial charge in [-0.3, -0.25) is 4.79 Å². The van der Waals surface area contributed by atoms with Gasteiger partial charge < -0.3 is 16.2 Å². The summed E-state index contributed by atoms with van der Waals surface area (Å²) in [7, 11) is 0. The van der Waals surface area contributed by atoms with Crippen molar-refractivity contribution in [2.45, 2.75) is 57.5 Å². The first-order valence-corrected chi connectivity index (χ1v) is 6.19. The molecule has 1 amide bonds. The summed E-state index contributed by atoms with van der Waals surface area (Å²) in [6.07, 6.45) is 3.69. The van der Waals surface area contributed by atoms with Crippen LogP contribution in [0.3, 0.4) is 0 Å². The lowest BCUT2D eigenvalue weighted by molar-refractivity contribution is -0.143. The molecular formula is C12H22N2O3. The van der Waals surface area contributed by atoms with Crippen molar-refractivity contribution in [3.63, 3.8) is 0 Å². The van der Waals surface area contributed by atoms with Gasteiger partial charge in [0.2, 0.25) is 5.91 Å². The van der Waals surface area contributed by atoms with E-state index in [2.05, 4.69) is 5.32 Å². The Labute approximate surface area is 102 Å². The van der Waals surface area contributed by atoms with Crippen LogP contribution in [-0.2, 0) is 9.59 Å². The molecule has 0 aromatic carbocycles. The van der Waals surface area contributed by atoms with E-state index in [1.165, 1.54) is 0 Å². The van der Waals surface area contributed by atoms with Crippen molar-refractivity contribution in [1.82, 2.24) is 5.32 Å². The van der Waals surface area contributed by atoms with Gasteiger partial charge in [0.05, 0.1) is 0 Å². The molecule has 0 spiro atoms. The Bertz CT molecular complexity index is 300. The fraction of sp³-hybridized carbons (Fsp3) is 0.833. The van der Waals surface area contributed by atoms with E-state index in [4.69, 9.17) is 10.8 Å². The highest BCUT2D eigenvalue weighted by molar-refractivity contribution is 5.84. The van der Waals surface area contributed by atoms with Crippen molar-refractivity contribution in [2.24, 2.45) is 11.7 Å². The molecule has 5 nitrogen and oxygen atoms in total. The van der Waals surface area contributed by atoms with Crippen molar-refractivity contribution in [3.8, 4) is 0 Å². The van der Waals surface area contributed by atoms with Crippen LogP contribution in [0.15, 0.2) is 0 Å². The Hall–Kier alpha value is -1.10. The fourth-order valence-corrected chi connectivity index (χ4v) is 2.04. The average Bonchev–Trinajstić information content (AvgIpc) is 2.22. The standard InChI is InChI=1S/C12H22N2O3/c1-3-8(2)10(11(16)17)14-9(15)7-12(13)5-4-6-12/h8,10H,3-7,13H2,1-2H3,(H,14,15)(H,16,17)/t8?,10-/m0/s1. The first-order valence-electron chi connectivity index (χ1n) is 6.19. The molecule has 0 aromatic heterocycles. The monoisotopic (exact) mass is 242 g/mol. The number of hydrogen-bond acceptors (Lipinski definition) is 3. The molecule has 5 heteroatoms. The van der Waals surface area contributed by atoms with Crippen molar-refractivity contribution in [3.05, 3.63) is 0 Å². The lowest BCUT2D eigenvalue weighted by Crippen LogP contribution is -2.53. The normalized spacial score (nSPS) is 21.1. The predicted molar refractivity (Wildman–Crippen MR) is 64.4 cm³/mol. The molecular weight excluding hydrogens is 220 g/mol. The number of carboxylic acid groups (broad SMARTS) is 1. The minimum Gasteiger partial charge on any atom is -0.480 e. The summed E-state index contributed by atoms with van der Waals surface area (Å²) in [5.41, 5.74) is 5.56. The second kappa shape index (κ2) is 5.49. The third-order valence-corrected chi connectivity index (χ3v) is 3.66. The number of hydrogen-bond donors (Lipinski definition) is 3. The van der Waals surface area contributed by atoms with Crippen LogP contribution in [0, 0.1) is 5.92 Å². The third kappa shape index (κ3) is 3.70. The summed E-state index contributed by atoms with van der Waals surface area (Å²) >= 11 is 0. The minimum atomic E-state index is -0.979. The molecule has 1 fully saturated rings. The first kappa shape index (κ1) is 14.0. The van der Waals surface area contributed by atoms with Crippen LogP contribution in [-0.4, -0.2) is 28.6 Å². The molecule has 1 rings (SSSR count). The van der Waals surface area contributed by atoms with Crippen LogP contribution in [0.4, 0.5) is 0 Å². The molecule has 0 radical (unpaired) electrons. The molecule has 98 valence electrons. The van der Waals surface area contributed by atoms with Gasteiger partial charge in [-0.25, -0.2) is 4.79 Å². The van der Waals surface area contributed by atoms with E-state index in [0.29, 0.717) is 6.42 Å². The van der Waals surface area contributed by atoms with Gasteiger partial charge in [0.1, 0.15) is 6.04 Å². The number of carboxylic acids is 1. The summed E-state index contributed by atoms with van der Waals surface area (Å²) < 4.78 is 0. The van der Waals surface area contributed by atoms with Crippen molar-refractivity contribution in [2.75, 3.05) is 0 Å². The number of amides is 1. The van der Waals surface area contributed by atoms with Crippen molar-refractivity contribution < 1.29 is 14.7 Å². The zero-order chi connectivity index (χ0) is 13.1. The average molecular weight is 242 g/mol. The largest absolute Gasteiger partial charge is 0.480 e. The Kier molecular flexibility index (Phi) is 4.51. The molecule has 1 unspecified atom stereocenters. The lowest BCUT2D eigenvalue weighted by atomic mass is 9.75. The van der Waals surface area contributed by atoms with Crippen molar-refractivity contribution in [1.29, 1.82) is 0 Å². The zero-order valence-electron chi connectivity index (χ0n) is 10.5. The number of nitrogens with one attached hydrogen (secondary N) is 1. The highest BCUT2D eigenvalue weighted by atomic mass is 16.4. The molecule has 1 saturated carbocycles. The molecule has 4 N–H and O–H groups in total. The Morgan fingerprint density at radius 3 is 2.41 bits per heavy atom. The zero-order valence-corrected chi connectivity index (χ0v) is 10.5. The number of rotatable bonds is 6. The van der Waals surface area contributed by atoms with Gasteiger partial charge in [-0.15, -0.1) is 0 Å². The number of nitrogens with two attached hydrogens (primary N) is 1. The Balaban J connectivity index is 2.49. The molecule has 1 aliphatic carbocycles. The van der Waals surface area contributed by atoms with Gasteiger partial charge in [0.25, 0.3) is 0 Å². The van der Waals surface area contributed by atoms with E-state index < -0.39 is 17.6 Å². The van der Waals surface area contributed by atoms with Gasteiger partial charge in [0.15, 0.2) is 0 Å². The van der Waals surface area contributed by atoms with Gasteiger partial charge in [-0.2, -0.15) is 0 Å². The summed E-state index contributed by atoms with van der Waals surface area (Å²) in [6, 6.07) is -0.809. The summed E-state index contributed by atoms with van der Waals surface area (Å²) in [5.74, 6) is -1.31. The molecule has 17 heavy (non-hydrogen) atoms. The topological polar surface area (TPSA) is 92.4 Å². The number of carbonyl (C=O) groups is 2. The minimum absolute atomic E-state index is 0.0773. The molecule has 0 bridgehead atoms. The first-order chi connectivity index (χ1) is 7.88. The molecule has 1 aliphatic rings. The van der Waals surface area contributed by atoms with Gasteiger partial charge in [-0.1, -0.05) is 20.3 Å². The summed E-state index contributed by atoms with van der Waals surface area (Å²) in [5, 5.41) is 11.6. The molecule has 0 aliphatic heterocycles. The summed E-state index contributed by atoms with van der Waals surface area (Å²) in [4.78, 5) is 22.8. The van der Waals surface area contributed by atoms with Crippen LogP contribution in [0.1, 0.15) is 46.0 Å². The fourth-order valence-electron chi connectivity index (χ4n) is 2.04. The van der Waals surface area contributed by atoms with E-state index in [0.717, 1.165) is 19.3 Å². The number of carbonyl (C=O) groups excluding carboxylic acids is 1. The summed E-state index contributed by atoms with van der Waals surface area (Å²) in [6.45, 7) is 3.73. The highest BCUT2D eigenvalue weighted by Crippen LogP contribution is 2.32. The quantitative estimate of drug-likeness (QED) is 0.644. The highest BCUT2D eigenvalue weighted by Gasteiger charge is 2.36. The van der Waals surface area contributed by atoms with E-state index in [1.54, 1.807) is 0 Å². The maximum Gasteiger partial charge on any atom is 0.326 e. The van der Waals surface area contributed by atoms with E-state index >= 15 is 0 Å². The van der Waals surface area contributed by atoms with Gasteiger partial charge >= 0.3 is 5.97 Å². The molecule has 0 heterocycles. The third-order valence-electron chi connectivity index (χ3n) is 3.66. The van der Waals surface area contributed by atoms with Crippen LogP contribution in [0.5, 0.6) is 0 Å². The lowest BCUT2D eigenvalue weighted by Gasteiger charge is -2.37.